The summed E-state index contributed by atoms with van der Waals surface area (Å²) < 4.78 is 10.7. The molecule has 0 saturated carbocycles. The predicted octanol–water partition coefficient (Wildman–Crippen LogP) is 2.18. The minimum absolute atomic E-state index is 0.00102. The summed E-state index contributed by atoms with van der Waals surface area (Å²) in [5.74, 6) is 1.36. The number of fused-ring (bicyclic) bond motifs is 1. The third-order valence-electron chi connectivity index (χ3n) is 2.49. The predicted molar refractivity (Wildman–Crippen MR) is 60.9 cm³/mol. The average Bonchev–Trinajstić information content (AvgIpc) is 2.65. The van der Waals surface area contributed by atoms with Gasteiger partial charge in [0.15, 0.2) is 11.5 Å². The molecule has 0 spiro atoms. The summed E-state index contributed by atoms with van der Waals surface area (Å²) in [5.41, 5.74) is 0.775. The van der Waals surface area contributed by atoms with Crippen LogP contribution in [0, 0.1) is 0 Å². The Kier molecular flexibility index (Phi) is 2.73. The van der Waals surface area contributed by atoms with Gasteiger partial charge in [-0.25, -0.2) is 0 Å². The number of rotatable bonds is 2. The molecular formula is C12H15NO3. The normalized spacial score (nSPS) is 13.0. The lowest BCUT2D eigenvalue weighted by atomic mass is 10.2. The molecule has 1 heterocycles. The van der Waals surface area contributed by atoms with Gasteiger partial charge in [-0.3, -0.25) is 4.79 Å². The first kappa shape index (κ1) is 10.8. The highest BCUT2D eigenvalue weighted by atomic mass is 16.7. The first-order valence-electron chi connectivity index (χ1n) is 5.29. The van der Waals surface area contributed by atoms with Gasteiger partial charge in [0.1, 0.15) is 0 Å². The van der Waals surface area contributed by atoms with Crippen LogP contribution in [0.2, 0.25) is 0 Å². The van der Waals surface area contributed by atoms with E-state index in [2.05, 4.69) is 0 Å². The van der Waals surface area contributed by atoms with Crippen LogP contribution in [0.4, 0.5) is 5.69 Å². The number of carbonyl (C=O) groups is 1. The monoisotopic (exact) mass is 221 g/mol. The standard InChI is InChI=1S/C12H15NO3/c1-8(2)13(9(3)14)10-5-4-6-11-12(10)16-7-15-11/h4-6,8H,7H2,1-3H3. The second-order valence-electron chi connectivity index (χ2n) is 3.99. The van der Waals surface area contributed by atoms with Crippen molar-refractivity contribution < 1.29 is 14.3 Å². The highest BCUT2D eigenvalue weighted by molar-refractivity contribution is 5.94. The van der Waals surface area contributed by atoms with E-state index in [-0.39, 0.29) is 18.7 Å². The molecule has 0 radical (unpaired) electrons. The molecule has 0 N–H and O–H groups in total. The second kappa shape index (κ2) is 4.04. The van der Waals surface area contributed by atoms with E-state index in [0.29, 0.717) is 11.5 Å². The minimum atomic E-state index is -0.00102. The zero-order chi connectivity index (χ0) is 11.7. The lowest BCUT2D eigenvalue weighted by Gasteiger charge is -2.26. The molecule has 1 aliphatic rings. The molecule has 0 bridgehead atoms. The van der Waals surface area contributed by atoms with Crippen LogP contribution in [0.15, 0.2) is 18.2 Å². The Balaban J connectivity index is 2.46. The molecular weight excluding hydrogens is 206 g/mol. The quantitative estimate of drug-likeness (QED) is 0.768. The fourth-order valence-corrected chi connectivity index (χ4v) is 1.92. The van der Waals surface area contributed by atoms with E-state index in [4.69, 9.17) is 9.47 Å². The van der Waals surface area contributed by atoms with Crippen molar-refractivity contribution in [2.24, 2.45) is 0 Å². The largest absolute Gasteiger partial charge is 0.454 e. The Labute approximate surface area is 94.8 Å². The lowest BCUT2D eigenvalue weighted by molar-refractivity contribution is -0.116. The number of hydrogen-bond donors (Lipinski definition) is 0. The van der Waals surface area contributed by atoms with E-state index in [1.807, 2.05) is 32.0 Å². The summed E-state index contributed by atoms with van der Waals surface area (Å²) >= 11 is 0. The van der Waals surface area contributed by atoms with Crippen LogP contribution in [0.5, 0.6) is 11.5 Å². The summed E-state index contributed by atoms with van der Waals surface area (Å²) in [6.07, 6.45) is 0. The van der Waals surface area contributed by atoms with E-state index in [9.17, 15) is 4.79 Å². The third kappa shape index (κ3) is 1.71. The zero-order valence-electron chi connectivity index (χ0n) is 9.69. The maximum Gasteiger partial charge on any atom is 0.231 e. The Hall–Kier alpha value is -1.71. The number of para-hydroxylation sites is 1. The Morgan fingerprint density at radius 2 is 2.12 bits per heavy atom. The maximum atomic E-state index is 11.6. The van der Waals surface area contributed by atoms with E-state index in [1.165, 1.54) is 0 Å². The molecule has 1 amide bonds. The van der Waals surface area contributed by atoms with Crippen molar-refractivity contribution in [2.75, 3.05) is 11.7 Å². The highest BCUT2D eigenvalue weighted by Crippen LogP contribution is 2.41. The van der Waals surface area contributed by atoms with Gasteiger partial charge in [0.2, 0.25) is 12.7 Å². The van der Waals surface area contributed by atoms with Crippen LogP contribution in [0.25, 0.3) is 0 Å². The fourth-order valence-electron chi connectivity index (χ4n) is 1.92. The average molecular weight is 221 g/mol. The molecule has 4 heteroatoms. The first-order valence-corrected chi connectivity index (χ1v) is 5.29. The molecule has 86 valence electrons. The molecule has 1 aliphatic heterocycles. The molecule has 0 atom stereocenters. The van der Waals surface area contributed by atoms with Gasteiger partial charge in [-0.15, -0.1) is 0 Å². The number of nitrogens with zero attached hydrogens (tertiary/aromatic N) is 1. The van der Waals surface area contributed by atoms with E-state index < -0.39 is 0 Å². The van der Waals surface area contributed by atoms with Crippen LogP contribution < -0.4 is 14.4 Å². The molecule has 0 fully saturated rings. The van der Waals surface area contributed by atoms with Crippen molar-refractivity contribution in [1.82, 2.24) is 0 Å². The SMILES string of the molecule is CC(=O)N(c1cccc2c1OCO2)C(C)C. The van der Waals surface area contributed by atoms with Crippen LogP contribution in [0.1, 0.15) is 20.8 Å². The van der Waals surface area contributed by atoms with Crippen LogP contribution >= 0.6 is 0 Å². The highest BCUT2D eigenvalue weighted by Gasteiger charge is 2.24. The van der Waals surface area contributed by atoms with Gasteiger partial charge in [-0.1, -0.05) is 6.07 Å². The summed E-state index contributed by atoms with van der Waals surface area (Å²) in [5, 5.41) is 0. The molecule has 0 aliphatic carbocycles. The maximum absolute atomic E-state index is 11.6. The van der Waals surface area contributed by atoms with E-state index in [0.717, 1.165) is 5.69 Å². The van der Waals surface area contributed by atoms with Gasteiger partial charge in [-0.05, 0) is 26.0 Å². The fraction of sp³-hybridized carbons (Fsp3) is 0.417. The summed E-state index contributed by atoms with van der Waals surface area (Å²) in [4.78, 5) is 13.3. The molecule has 0 saturated heterocycles. The van der Waals surface area contributed by atoms with Gasteiger partial charge >= 0.3 is 0 Å². The summed E-state index contributed by atoms with van der Waals surface area (Å²) in [7, 11) is 0. The molecule has 1 aromatic carbocycles. The van der Waals surface area contributed by atoms with Crippen molar-refractivity contribution in [3.05, 3.63) is 18.2 Å². The third-order valence-corrected chi connectivity index (χ3v) is 2.49. The molecule has 2 rings (SSSR count). The Morgan fingerprint density at radius 1 is 1.38 bits per heavy atom. The molecule has 0 aromatic heterocycles. The Morgan fingerprint density at radius 3 is 2.75 bits per heavy atom. The van der Waals surface area contributed by atoms with E-state index in [1.54, 1.807) is 11.8 Å². The van der Waals surface area contributed by atoms with Gasteiger partial charge in [0, 0.05) is 13.0 Å². The van der Waals surface area contributed by atoms with Gasteiger partial charge in [0.05, 0.1) is 5.69 Å². The van der Waals surface area contributed by atoms with Crippen molar-refractivity contribution in [3.8, 4) is 11.5 Å². The molecule has 16 heavy (non-hydrogen) atoms. The molecule has 1 aromatic rings. The summed E-state index contributed by atoms with van der Waals surface area (Å²) in [6.45, 7) is 5.71. The topological polar surface area (TPSA) is 38.8 Å². The number of carbonyl (C=O) groups excluding carboxylic acids is 1. The van der Waals surface area contributed by atoms with Crippen LogP contribution in [-0.4, -0.2) is 18.7 Å². The zero-order valence-corrected chi connectivity index (χ0v) is 9.69. The van der Waals surface area contributed by atoms with E-state index >= 15 is 0 Å². The molecule has 4 nitrogen and oxygen atoms in total. The lowest BCUT2D eigenvalue weighted by Crippen LogP contribution is -2.35. The molecule has 0 unspecified atom stereocenters. The van der Waals surface area contributed by atoms with Crippen molar-refractivity contribution in [2.45, 2.75) is 26.8 Å². The summed E-state index contributed by atoms with van der Waals surface area (Å²) in [6, 6.07) is 5.66. The number of amides is 1. The number of benzene rings is 1. The smallest absolute Gasteiger partial charge is 0.231 e. The van der Waals surface area contributed by atoms with Crippen LogP contribution in [0.3, 0.4) is 0 Å². The van der Waals surface area contributed by atoms with Crippen molar-refractivity contribution in [3.63, 3.8) is 0 Å². The van der Waals surface area contributed by atoms with Gasteiger partial charge in [-0.2, -0.15) is 0 Å². The first-order chi connectivity index (χ1) is 7.61. The van der Waals surface area contributed by atoms with Crippen molar-refractivity contribution >= 4 is 11.6 Å². The van der Waals surface area contributed by atoms with Gasteiger partial charge in [0.25, 0.3) is 0 Å². The van der Waals surface area contributed by atoms with Gasteiger partial charge < -0.3 is 14.4 Å². The van der Waals surface area contributed by atoms with Crippen molar-refractivity contribution in [1.29, 1.82) is 0 Å². The number of anilines is 1. The van der Waals surface area contributed by atoms with Crippen LogP contribution in [-0.2, 0) is 4.79 Å². The number of hydrogen-bond acceptors (Lipinski definition) is 3. The number of ether oxygens (including phenoxy) is 2. The second-order valence-corrected chi connectivity index (χ2v) is 3.99. The minimum Gasteiger partial charge on any atom is -0.454 e. The Bertz CT molecular complexity index is 415.